The summed E-state index contributed by atoms with van der Waals surface area (Å²) in [5.41, 5.74) is 9.81. The first kappa shape index (κ1) is 11.6. The molecule has 1 fully saturated rings. The van der Waals surface area contributed by atoms with Crippen molar-refractivity contribution in [3.8, 4) is 0 Å². The lowest BCUT2D eigenvalue weighted by molar-refractivity contribution is 0.122. The molecule has 1 aromatic carbocycles. The zero-order valence-corrected chi connectivity index (χ0v) is 10.1. The molecule has 1 aromatic rings. The topological polar surface area (TPSA) is 46.2 Å². The smallest absolute Gasteiger partial charge is 0.0722 e. The average Bonchev–Trinajstić information content (AvgIpc) is 2.97. The first-order valence-corrected chi connectivity index (χ1v) is 6.07. The third-order valence-corrected chi connectivity index (χ3v) is 3.30. The predicted octanol–water partition coefficient (Wildman–Crippen LogP) is 1.94. The van der Waals surface area contributed by atoms with E-state index in [0.717, 1.165) is 19.3 Å². The summed E-state index contributed by atoms with van der Waals surface area (Å²) in [7, 11) is 0. The fourth-order valence-corrected chi connectivity index (χ4v) is 2.37. The molecule has 0 aromatic heterocycles. The molecular weight excluding hydrogens is 198 g/mol. The Balaban J connectivity index is 2.01. The van der Waals surface area contributed by atoms with Gasteiger partial charge in [-0.25, -0.2) is 0 Å². The van der Waals surface area contributed by atoms with Gasteiger partial charge in [-0.05, 0) is 44.6 Å². The van der Waals surface area contributed by atoms with Crippen LogP contribution in [-0.4, -0.2) is 17.3 Å². The van der Waals surface area contributed by atoms with Crippen LogP contribution in [0.5, 0.6) is 0 Å². The van der Waals surface area contributed by atoms with Gasteiger partial charge in [0.1, 0.15) is 0 Å². The van der Waals surface area contributed by atoms with Gasteiger partial charge in [0.25, 0.3) is 0 Å². The normalized spacial score (nSPS) is 19.5. The maximum atomic E-state index is 9.93. The van der Waals surface area contributed by atoms with Crippen LogP contribution in [0.3, 0.4) is 0 Å². The number of benzene rings is 1. The van der Waals surface area contributed by atoms with E-state index in [1.54, 1.807) is 0 Å². The Kier molecular flexibility index (Phi) is 3.31. The van der Waals surface area contributed by atoms with E-state index in [1.165, 1.54) is 16.7 Å². The van der Waals surface area contributed by atoms with E-state index in [4.69, 9.17) is 5.73 Å². The van der Waals surface area contributed by atoms with Gasteiger partial charge in [0.15, 0.2) is 0 Å². The highest BCUT2D eigenvalue weighted by Gasteiger charge is 2.33. The molecule has 0 saturated heterocycles. The van der Waals surface area contributed by atoms with Gasteiger partial charge >= 0.3 is 0 Å². The van der Waals surface area contributed by atoms with E-state index in [0.29, 0.717) is 5.92 Å². The van der Waals surface area contributed by atoms with Gasteiger partial charge in [0.05, 0.1) is 6.10 Å². The van der Waals surface area contributed by atoms with Crippen molar-refractivity contribution in [1.29, 1.82) is 0 Å². The molecule has 2 atom stereocenters. The van der Waals surface area contributed by atoms with E-state index in [9.17, 15) is 5.11 Å². The lowest BCUT2D eigenvalue weighted by Gasteiger charge is -2.18. The van der Waals surface area contributed by atoms with Crippen molar-refractivity contribution in [3.63, 3.8) is 0 Å². The molecule has 2 rings (SSSR count). The number of aryl methyl sites for hydroxylation is 2. The Morgan fingerprint density at radius 1 is 1.25 bits per heavy atom. The van der Waals surface area contributed by atoms with Crippen molar-refractivity contribution in [2.24, 2.45) is 11.7 Å². The molecule has 2 unspecified atom stereocenters. The van der Waals surface area contributed by atoms with Crippen LogP contribution in [0, 0.1) is 19.8 Å². The van der Waals surface area contributed by atoms with Gasteiger partial charge in [0.2, 0.25) is 0 Å². The summed E-state index contributed by atoms with van der Waals surface area (Å²) in [5.74, 6) is 0.459. The highest BCUT2D eigenvalue weighted by Crippen LogP contribution is 2.34. The van der Waals surface area contributed by atoms with E-state index in [-0.39, 0.29) is 12.1 Å². The van der Waals surface area contributed by atoms with Crippen molar-refractivity contribution in [1.82, 2.24) is 0 Å². The molecule has 1 aliphatic carbocycles. The number of aliphatic hydroxyl groups is 1. The van der Waals surface area contributed by atoms with Crippen LogP contribution in [0.4, 0.5) is 0 Å². The lowest BCUT2D eigenvalue weighted by atomic mass is 9.97. The van der Waals surface area contributed by atoms with Gasteiger partial charge in [-0.2, -0.15) is 0 Å². The lowest BCUT2D eigenvalue weighted by Crippen LogP contribution is -2.38. The number of aliphatic hydroxyl groups excluding tert-OH is 1. The standard InChI is InChI=1S/C14H21NO/c1-9-5-10(2)7-11(6-9)8-13(15)14(16)12-3-4-12/h5-7,12-14,16H,3-4,8,15H2,1-2H3. The maximum absolute atomic E-state index is 9.93. The van der Waals surface area contributed by atoms with E-state index >= 15 is 0 Å². The summed E-state index contributed by atoms with van der Waals surface area (Å²) in [6, 6.07) is 6.36. The van der Waals surface area contributed by atoms with E-state index in [1.807, 2.05) is 0 Å². The fraction of sp³-hybridized carbons (Fsp3) is 0.571. The van der Waals surface area contributed by atoms with Crippen LogP contribution in [0.25, 0.3) is 0 Å². The largest absolute Gasteiger partial charge is 0.391 e. The number of nitrogens with two attached hydrogens (primary N) is 1. The Hall–Kier alpha value is -0.860. The predicted molar refractivity (Wildman–Crippen MR) is 66.3 cm³/mol. The maximum Gasteiger partial charge on any atom is 0.0722 e. The van der Waals surface area contributed by atoms with Crippen LogP contribution < -0.4 is 5.73 Å². The fourth-order valence-electron chi connectivity index (χ4n) is 2.37. The minimum atomic E-state index is -0.319. The second-order valence-corrected chi connectivity index (χ2v) is 5.19. The molecule has 3 N–H and O–H groups in total. The summed E-state index contributed by atoms with van der Waals surface area (Å²) in [6.45, 7) is 4.19. The third kappa shape index (κ3) is 2.83. The van der Waals surface area contributed by atoms with Gasteiger partial charge in [-0.3, -0.25) is 0 Å². The van der Waals surface area contributed by atoms with E-state index in [2.05, 4.69) is 32.0 Å². The number of rotatable bonds is 4. The van der Waals surface area contributed by atoms with Gasteiger partial charge in [0, 0.05) is 6.04 Å². The van der Waals surface area contributed by atoms with Crippen molar-refractivity contribution in [2.45, 2.75) is 45.3 Å². The van der Waals surface area contributed by atoms with Crippen molar-refractivity contribution in [3.05, 3.63) is 34.9 Å². The number of hydrogen-bond donors (Lipinski definition) is 2. The minimum absolute atomic E-state index is 0.117. The van der Waals surface area contributed by atoms with Crippen LogP contribution in [0.2, 0.25) is 0 Å². The second kappa shape index (κ2) is 4.56. The highest BCUT2D eigenvalue weighted by molar-refractivity contribution is 5.29. The summed E-state index contributed by atoms with van der Waals surface area (Å²) < 4.78 is 0. The Bertz CT molecular complexity index is 351. The van der Waals surface area contributed by atoms with Crippen molar-refractivity contribution in [2.75, 3.05) is 0 Å². The van der Waals surface area contributed by atoms with Gasteiger partial charge < -0.3 is 10.8 Å². The molecule has 2 nitrogen and oxygen atoms in total. The van der Waals surface area contributed by atoms with Crippen LogP contribution in [-0.2, 0) is 6.42 Å². The summed E-state index contributed by atoms with van der Waals surface area (Å²) in [6.07, 6.45) is 2.74. The van der Waals surface area contributed by atoms with Gasteiger partial charge in [-0.15, -0.1) is 0 Å². The molecule has 0 radical (unpaired) electrons. The minimum Gasteiger partial charge on any atom is -0.391 e. The highest BCUT2D eigenvalue weighted by atomic mass is 16.3. The van der Waals surface area contributed by atoms with E-state index < -0.39 is 0 Å². The molecule has 0 spiro atoms. The Labute approximate surface area is 97.5 Å². The number of hydrogen-bond acceptors (Lipinski definition) is 2. The zero-order chi connectivity index (χ0) is 11.7. The SMILES string of the molecule is Cc1cc(C)cc(CC(N)C(O)C2CC2)c1. The Morgan fingerprint density at radius 2 is 1.81 bits per heavy atom. The molecule has 88 valence electrons. The molecule has 2 heteroatoms. The molecule has 0 bridgehead atoms. The monoisotopic (exact) mass is 219 g/mol. The molecule has 0 amide bonds. The van der Waals surface area contributed by atoms with Crippen LogP contribution in [0.15, 0.2) is 18.2 Å². The summed E-state index contributed by atoms with van der Waals surface area (Å²) in [4.78, 5) is 0. The second-order valence-electron chi connectivity index (χ2n) is 5.19. The molecule has 16 heavy (non-hydrogen) atoms. The third-order valence-electron chi connectivity index (χ3n) is 3.30. The summed E-state index contributed by atoms with van der Waals surface area (Å²) in [5, 5.41) is 9.93. The average molecular weight is 219 g/mol. The molecule has 0 aliphatic heterocycles. The van der Waals surface area contributed by atoms with Crippen LogP contribution >= 0.6 is 0 Å². The molecule has 0 heterocycles. The first-order valence-electron chi connectivity index (χ1n) is 6.07. The Morgan fingerprint density at radius 3 is 2.31 bits per heavy atom. The van der Waals surface area contributed by atoms with Crippen molar-refractivity contribution >= 4 is 0 Å². The zero-order valence-electron chi connectivity index (χ0n) is 10.1. The van der Waals surface area contributed by atoms with Gasteiger partial charge in [-0.1, -0.05) is 29.3 Å². The molecule has 1 saturated carbocycles. The van der Waals surface area contributed by atoms with Crippen molar-refractivity contribution < 1.29 is 5.11 Å². The molecule has 1 aliphatic rings. The quantitative estimate of drug-likeness (QED) is 0.813. The first-order chi connectivity index (χ1) is 7.56. The molecular formula is C14H21NO. The summed E-state index contributed by atoms with van der Waals surface area (Å²) >= 11 is 0. The van der Waals surface area contributed by atoms with Crippen LogP contribution in [0.1, 0.15) is 29.5 Å².